The Morgan fingerprint density at radius 1 is 1.24 bits per heavy atom. The summed E-state index contributed by atoms with van der Waals surface area (Å²) >= 11 is 0. The van der Waals surface area contributed by atoms with Crippen molar-refractivity contribution in [3.63, 3.8) is 0 Å². The Bertz CT molecular complexity index is 698. The molecule has 3 amide bonds. The predicted molar refractivity (Wildman–Crippen MR) is 92.3 cm³/mol. The predicted octanol–water partition coefficient (Wildman–Crippen LogP) is 0.884. The van der Waals surface area contributed by atoms with Crippen LogP contribution in [-0.2, 0) is 14.3 Å². The van der Waals surface area contributed by atoms with Crippen molar-refractivity contribution >= 4 is 23.4 Å². The van der Waals surface area contributed by atoms with Crippen LogP contribution in [0.4, 0.5) is 5.69 Å². The van der Waals surface area contributed by atoms with Crippen LogP contribution < -0.4 is 5.32 Å². The zero-order valence-corrected chi connectivity index (χ0v) is 14.6. The zero-order valence-electron chi connectivity index (χ0n) is 14.6. The molecule has 7 heteroatoms. The number of hydrogen-bond acceptors (Lipinski definition) is 4. The minimum atomic E-state index is -0.351. The van der Waals surface area contributed by atoms with E-state index in [0.717, 1.165) is 5.56 Å². The molecule has 2 aliphatic heterocycles. The number of nitrogens with one attached hydrogen (secondary N) is 1. The number of anilines is 1. The van der Waals surface area contributed by atoms with Crippen LogP contribution >= 0.6 is 0 Å². The molecule has 0 saturated carbocycles. The van der Waals surface area contributed by atoms with E-state index in [1.807, 2.05) is 13.0 Å². The number of carbonyl (C=O) groups excluding carboxylic acids is 3. The highest BCUT2D eigenvalue weighted by Gasteiger charge is 2.32. The number of benzene rings is 1. The average molecular weight is 345 g/mol. The molecule has 2 heterocycles. The van der Waals surface area contributed by atoms with Gasteiger partial charge in [0.15, 0.2) is 0 Å². The molecule has 3 rings (SSSR count). The smallest absolute Gasteiger partial charge is 0.254 e. The van der Waals surface area contributed by atoms with E-state index in [1.54, 1.807) is 29.0 Å². The molecule has 25 heavy (non-hydrogen) atoms. The second kappa shape index (κ2) is 7.23. The van der Waals surface area contributed by atoms with Gasteiger partial charge < -0.3 is 19.9 Å². The standard InChI is InChI=1S/C18H23N3O4/c1-12-3-4-13(18(24)21-5-7-25-8-6-21)9-15(12)19-17(23)14-10-16(22)20(2)11-14/h3-4,9,14H,5-8,10-11H2,1-2H3,(H,19,23). The van der Waals surface area contributed by atoms with Gasteiger partial charge in [0, 0.05) is 44.4 Å². The second-order valence-electron chi connectivity index (χ2n) is 6.60. The lowest BCUT2D eigenvalue weighted by Crippen LogP contribution is -2.40. The Morgan fingerprint density at radius 2 is 1.96 bits per heavy atom. The van der Waals surface area contributed by atoms with Gasteiger partial charge >= 0.3 is 0 Å². The summed E-state index contributed by atoms with van der Waals surface area (Å²) in [6.07, 6.45) is 0.230. The van der Waals surface area contributed by atoms with E-state index in [4.69, 9.17) is 4.74 Å². The van der Waals surface area contributed by atoms with E-state index in [9.17, 15) is 14.4 Å². The molecule has 134 valence electrons. The number of aryl methyl sites for hydroxylation is 1. The molecule has 0 bridgehead atoms. The van der Waals surface area contributed by atoms with Crippen LogP contribution in [0.25, 0.3) is 0 Å². The number of rotatable bonds is 3. The molecule has 2 fully saturated rings. The van der Waals surface area contributed by atoms with Crippen molar-refractivity contribution in [1.82, 2.24) is 9.80 Å². The lowest BCUT2D eigenvalue weighted by atomic mass is 10.1. The molecule has 2 aliphatic rings. The lowest BCUT2D eigenvalue weighted by molar-refractivity contribution is -0.127. The van der Waals surface area contributed by atoms with Gasteiger partial charge in [-0.15, -0.1) is 0 Å². The summed E-state index contributed by atoms with van der Waals surface area (Å²) < 4.78 is 5.27. The van der Waals surface area contributed by atoms with Crippen molar-refractivity contribution in [2.45, 2.75) is 13.3 Å². The summed E-state index contributed by atoms with van der Waals surface area (Å²) in [6, 6.07) is 5.32. The number of hydrogen-bond donors (Lipinski definition) is 1. The highest BCUT2D eigenvalue weighted by Crippen LogP contribution is 2.22. The Kier molecular flexibility index (Phi) is 5.03. The topological polar surface area (TPSA) is 79.0 Å². The van der Waals surface area contributed by atoms with Crippen LogP contribution in [0.2, 0.25) is 0 Å². The summed E-state index contributed by atoms with van der Waals surface area (Å²) in [4.78, 5) is 40.0. The molecule has 1 unspecified atom stereocenters. The molecule has 1 aromatic rings. The van der Waals surface area contributed by atoms with Gasteiger partial charge in [0.1, 0.15) is 0 Å². The quantitative estimate of drug-likeness (QED) is 0.882. The van der Waals surface area contributed by atoms with Gasteiger partial charge in [-0.1, -0.05) is 6.07 Å². The van der Waals surface area contributed by atoms with Gasteiger partial charge in [-0.2, -0.15) is 0 Å². The highest BCUT2D eigenvalue weighted by molar-refractivity contribution is 6.00. The van der Waals surface area contributed by atoms with Crippen molar-refractivity contribution in [2.24, 2.45) is 5.92 Å². The minimum absolute atomic E-state index is 0.0203. The number of likely N-dealkylation sites (tertiary alicyclic amines) is 1. The number of ether oxygens (including phenoxy) is 1. The van der Waals surface area contributed by atoms with Crippen LogP contribution in [0.5, 0.6) is 0 Å². The first-order valence-corrected chi connectivity index (χ1v) is 8.48. The Labute approximate surface area is 146 Å². The van der Waals surface area contributed by atoms with E-state index >= 15 is 0 Å². The zero-order chi connectivity index (χ0) is 18.0. The third kappa shape index (κ3) is 3.82. The molecule has 0 radical (unpaired) electrons. The van der Waals surface area contributed by atoms with Crippen LogP contribution in [-0.4, -0.2) is 67.4 Å². The Hall–Kier alpha value is -2.41. The maximum absolute atomic E-state index is 12.6. The van der Waals surface area contributed by atoms with E-state index in [-0.39, 0.29) is 30.1 Å². The maximum atomic E-state index is 12.6. The Morgan fingerprint density at radius 3 is 2.60 bits per heavy atom. The number of morpholine rings is 1. The molecule has 0 aliphatic carbocycles. The molecule has 0 aromatic heterocycles. The summed E-state index contributed by atoms with van der Waals surface area (Å²) in [7, 11) is 1.70. The fourth-order valence-electron chi connectivity index (χ4n) is 3.11. The minimum Gasteiger partial charge on any atom is -0.378 e. The first-order chi connectivity index (χ1) is 12.0. The third-order valence-electron chi connectivity index (χ3n) is 4.75. The average Bonchev–Trinajstić information content (AvgIpc) is 2.96. The van der Waals surface area contributed by atoms with Crippen molar-refractivity contribution in [3.05, 3.63) is 29.3 Å². The van der Waals surface area contributed by atoms with Crippen LogP contribution in [0.3, 0.4) is 0 Å². The lowest BCUT2D eigenvalue weighted by Gasteiger charge is -2.27. The van der Waals surface area contributed by atoms with Gasteiger partial charge in [0.2, 0.25) is 11.8 Å². The monoisotopic (exact) mass is 345 g/mol. The van der Waals surface area contributed by atoms with Gasteiger partial charge in [0.25, 0.3) is 5.91 Å². The first-order valence-electron chi connectivity index (χ1n) is 8.48. The van der Waals surface area contributed by atoms with Gasteiger partial charge in [0.05, 0.1) is 19.1 Å². The SMILES string of the molecule is Cc1ccc(C(=O)N2CCOCC2)cc1NC(=O)C1CC(=O)N(C)C1. The molecule has 1 N–H and O–H groups in total. The number of amides is 3. The van der Waals surface area contributed by atoms with Crippen LogP contribution in [0.15, 0.2) is 18.2 Å². The van der Waals surface area contributed by atoms with Crippen LogP contribution in [0, 0.1) is 12.8 Å². The normalized spacial score (nSPS) is 20.7. The first kappa shape index (κ1) is 17.4. The van der Waals surface area contributed by atoms with Gasteiger partial charge in [-0.25, -0.2) is 0 Å². The molecular weight excluding hydrogens is 322 g/mol. The molecular formula is C18H23N3O4. The number of carbonyl (C=O) groups is 3. The van der Waals surface area contributed by atoms with E-state index in [1.165, 1.54) is 0 Å². The fourth-order valence-corrected chi connectivity index (χ4v) is 3.11. The van der Waals surface area contributed by atoms with Crippen molar-refractivity contribution in [3.8, 4) is 0 Å². The van der Waals surface area contributed by atoms with Gasteiger partial charge in [-0.05, 0) is 24.6 Å². The molecule has 1 aromatic carbocycles. The summed E-state index contributed by atoms with van der Waals surface area (Å²) in [6.45, 7) is 4.55. The summed E-state index contributed by atoms with van der Waals surface area (Å²) in [5.41, 5.74) is 2.04. The van der Waals surface area contributed by atoms with Gasteiger partial charge in [-0.3, -0.25) is 14.4 Å². The maximum Gasteiger partial charge on any atom is 0.254 e. The molecule has 1 atom stereocenters. The summed E-state index contributed by atoms with van der Waals surface area (Å²) in [5.74, 6) is -0.616. The van der Waals surface area contributed by atoms with Crippen LogP contribution in [0.1, 0.15) is 22.3 Å². The second-order valence-corrected chi connectivity index (χ2v) is 6.60. The van der Waals surface area contributed by atoms with Crippen molar-refractivity contribution in [1.29, 1.82) is 0 Å². The molecule has 2 saturated heterocycles. The van der Waals surface area contributed by atoms with E-state index in [2.05, 4.69) is 5.32 Å². The fraction of sp³-hybridized carbons (Fsp3) is 0.500. The molecule has 0 spiro atoms. The largest absolute Gasteiger partial charge is 0.378 e. The van der Waals surface area contributed by atoms with E-state index < -0.39 is 0 Å². The van der Waals surface area contributed by atoms with Crippen molar-refractivity contribution < 1.29 is 19.1 Å². The Balaban J connectivity index is 1.72. The van der Waals surface area contributed by atoms with E-state index in [0.29, 0.717) is 44.1 Å². The number of nitrogens with zero attached hydrogens (tertiary/aromatic N) is 2. The molecule has 7 nitrogen and oxygen atoms in total. The third-order valence-corrected chi connectivity index (χ3v) is 4.75. The highest BCUT2D eigenvalue weighted by atomic mass is 16.5. The van der Waals surface area contributed by atoms with Crippen molar-refractivity contribution in [2.75, 3.05) is 45.2 Å². The summed E-state index contributed by atoms with van der Waals surface area (Å²) in [5, 5.41) is 2.88.